The van der Waals surface area contributed by atoms with Crippen molar-refractivity contribution >= 4 is 53.5 Å². The van der Waals surface area contributed by atoms with Crippen molar-refractivity contribution in [2.75, 3.05) is 0 Å². The van der Waals surface area contributed by atoms with E-state index in [2.05, 4.69) is 0 Å². The third-order valence-electron chi connectivity index (χ3n) is 8.48. The molecule has 17 heteroatoms. The number of hydrogen-bond acceptors (Lipinski definition) is 17. The van der Waals surface area contributed by atoms with Crippen LogP contribution in [0.5, 0.6) is 28.7 Å². The first-order valence-electron chi connectivity index (χ1n) is 18.1. The molecule has 17 nitrogen and oxygen atoms in total. The Labute approximate surface area is 337 Å². The van der Waals surface area contributed by atoms with Gasteiger partial charge in [-0.25, -0.2) is 0 Å². The number of benzene rings is 3. The van der Waals surface area contributed by atoms with Gasteiger partial charge in [-0.05, 0) is 41.5 Å². The van der Waals surface area contributed by atoms with Crippen molar-refractivity contribution in [2.24, 2.45) is 0 Å². The van der Waals surface area contributed by atoms with Crippen LogP contribution in [-0.2, 0) is 52.5 Å². The van der Waals surface area contributed by atoms with Gasteiger partial charge in [0.05, 0.1) is 6.42 Å². The molecule has 2 aliphatic heterocycles. The molecule has 0 aromatic heterocycles. The molecule has 0 saturated carbocycles. The number of rotatable bonds is 13. The Balaban J connectivity index is 1.49. The number of fused-ring (bicyclic) bond motifs is 1. The number of carbonyl (C=O) groups excluding carboxylic acids is 8. The summed E-state index contributed by atoms with van der Waals surface area (Å²) < 4.78 is 50.8. The first-order valence-corrected chi connectivity index (χ1v) is 18.1. The van der Waals surface area contributed by atoms with Crippen molar-refractivity contribution in [3.63, 3.8) is 0 Å². The number of esters is 6. The van der Waals surface area contributed by atoms with E-state index in [1.165, 1.54) is 62.4 Å². The minimum atomic E-state index is -1.68. The average Bonchev–Trinajstić information content (AvgIpc) is 3.13. The monoisotopic (exact) mass is 816 g/mol. The molecule has 5 unspecified atom stereocenters. The molecule has 59 heavy (non-hydrogen) atoms. The van der Waals surface area contributed by atoms with Crippen LogP contribution in [0.3, 0.4) is 0 Å². The molecule has 1 fully saturated rings. The van der Waals surface area contributed by atoms with E-state index in [0.717, 1.165) is 27.7 Å². The number of ketones is 2. The molecule has 0 bridgehead atoms. The molecule has 6 atom stereocenters. The Morgan fingerprint density at radius 3 is 1.75 bits per heavy atom. The molecule has 1 saturated heterocycles. The zero-order chi connectivity index (χ0) is 43.0. The normalized spacial score (nSPS) is 20.9. The molecular formula is C42H40O17. The Morgan fingerprint density at radius 1 is 0.644 bits per heavy atom. The highest BCUT2D eigenvalue weighted by atomic mass is 16.7. The van der Waals surface area contributed by atoms with Crippen LogP contribution < -0.4 is 23.7 Å². The Hall–Kier alpha value is -6.88. The molecule has 0 N–H and O–H groups in total. The van der Waals surface area contributed by atoms with Crippen molar-refractivity contribution in [2.45, 2.75) is 91.2 Å². The van der Waals surface area contributed by atoms with Crippen LogP contribution in [0.2, 0.25) is 0 Å². The standard InChI is InChI=1S/C42H40O17/c1-21(43)51-30-13-8-27(9-14-30)7-12-29(49)17-37-39(54-24(4)46)40(55-25(5)47)41(56-26(6)48)42(59-37)57-32-18-35(53-23(3)45)38-33(50)20-34(58-36(38)19-32)28-10-15-31(16-11-28)52-22(2)44/h7-16,18-19,34,37,39-42H,17,20H2,1-6H3/b12-7+/t34-,37?,39?,40?,41?,42?/m0/s1. The fourth-order valence-electron chi connectivity index (χ4n) is 6.32. The van der Waals surface area contributed by atoms with E-state index in [1.54, 1.807) is 24.3 Å². The van der Waals surface area contributed by atoms with Crippen molar-refractivity contribution < 1.29 is 81.0 Å². The van der Waals surface area contributed by atoms with Gasteiger partial charge in [-0.1, -0.05) is 30.3 Å². The van der Waals surface area contributed by atoms with Gasteiger partial charge in [0.2, 0.25) is 12.4 Å². The van der Waals surface area contributed by atoms with Gasteiger partial charge in [-0.15, -0.1) is 0 Å². The SMILES string of the molecule is CC(=O)Oc1ccc(/C=C/C(=O)CC2OC(Oc3cc(OC(C)=O)c4c(c3)O[C@H](c3ccc(OC(C)=O)cc3)CC4=O)C(OC(C)=O)C(OC(C)=O)C2OC(C)=O)cc1. The van der Waals surface area contributed by atoms with Gasteiger partial charge in [-0.3, -0.25) is 38.4 Å². The number of carbonyl (C=O) groups is 8. The summed E-state index contributed by atoms with van der Waals surface area (Å²) in [5, 5.41) is 0. The second-order valence-electron chi connectivity index (χ2n) is 13.3. The molecule has 2 aliphatic rings. The summed E-state index contributed by atoms with van der Waals surface area (Å²) in [6, 6.07) is 15.1. The third-order valence-corrected chi connectivity index (χ3v) is 8.48. The molecule has 3 aromatic carbocycles. The van der Waals surface area contributed by atoms with E-state index in [0.29, 0.717) is 16.9 Å². The Kier molecular flexibility index (Phi) is 14.0. The van der Waals surface area contributed by atoms with Gasteiger partial charge in [0.1, 0.15) is 46.5 Å². The van der Waals surface area contributed by atoms with Gasteiger partial charge in [0.25, 0.3) is 0 Å². The van der Waals surface area contributed by atoms with E-state index in [-0.39, 0.29) is 35.0 Å². The van der Waals surface area contributed by atoms with Crippen LogP contribution in [0, 0.1) is 0 Å². The fraction of sp³-hybridized carbons (Fsp3) is 0.333. The summed E-state index contributed by atoms with van der Waals surface area (Å²) >= 11 is 0. The molecule has 0 aliphatic carbocycles. The Bertz CT molecular complexity index is 2150. The van der Waals surface area contributed by atoms with E-state index in [4.69, 9.17) is 42.6 Å². The smallest absolute Gasteiger partial charge is 0.308 e. The van der Waals surface area contributed by atoms with E-state index in [1.807, 2.05) is 0 Å². The highest BCUT2D eigenvalue weighted by Gasteiger charge is 2.53. The number of hydrogen-bond donors (Lipinski definition) is 0. The van der Waals surface area contributed by atoms with Crippen molar-refractivity contribution in [1.29, 1.82) is 0 Å². The minimum absolute atomic E-state index is 0.0593. The van der Waals surface area contributed by atoms with E-state index >= 15 is 0 Å². The molecule has 0 spiro atoms. The van der Waals surface area contributed by atoms with E-state index in [9.17, 15) is 38.4 Å². The molecule has 3 aromatic rings. The zero-order valence-corrected chi connectivity index (χ0v) is 32.7. The van der Waals surface area contributed by atoms with Crippen LogP contribution in [-0.4, -0.2) is 78.1 Å². The topological polar surface area (TPSA) is 220 Å². The average molecular weight is 817 g/mol. The van der Waals surface area contributed by atoms with Gasteiger partial charge in [0.15, 0.2) is 23.8 Å². The predicted molar refractivity (Wildman–Crippen MR) is 200 cm³/mol. The van der Waals surface area contributed by atoms with Crippen LogP contribution >= 0.6 is 0 Å². The molecule has 310 valence electrons. The maximum atomic E-state index is 13.6. The highest BCUT2D eigenvalue weighted by molar-refractivity contribution is 6.03. The lowest BCUT2D eigenvalue weighted by Gasteiger charge is -2.44. The summed E-state index contributed by atoms with van der Waals surface area (Å²) in [5.41, 5.74) is 1.06. The van der Waals surface area contributed by atoms with Gasteiger partial charge in [0, 0.05) is 60.1 Å². The predicted octanol–water partition coefficient (Wildman–Crippen LogP) is 4.74. The first-order chi connectivity index (χ1) is 27.9. The molecular weight excluding hydrogens is 776 g/mol. The van der Waals surface area contributed by atoms with E-state index < -0.39 is 90.6 Å². The van der Waals surface area contributed by atoms with Crippen molar-refractivity contribution in [3.05, 3.63) is 83.4 Å². The van der Waals surface area contributed by atoms with Crippen LogP contribution in [0.15, 0.2) is 66.7 Å². The lowest BCUT2D eigenvalue weighted by atomic mass is 9.94. The Morgan fingerprint density at radius 2 is 1.19 bits per heavy atom. The number of Topliss-reactive ketones (excluding diaryl/α,β-unsaturated/α-hetero) is 1. The lowest BCUT2D eigenvalue weighted by Crippen LogP contribution is -2.62. The molecule has 2 heterocycles. The largest absolute Gasteiger partial charge is 0.484 e. The summed E-state index contributed by atoms with van der Waals surface area (Å²) in [7, 11) is 0. The minimum Gasteiger partial charge on any atom is -0.484 e. The molecule has 0 radical (unpaired) electrons. The van der Waals surface area contributed by atoms with Gasteiger partial charge >= 0.3 is 35.8 Å². The van der Waals surface area contributed by atoms with Crippen molar-refractivity contribution in [3.8, 4) is 28.7 Å². The maximum absolute atomic E-state index is 13.6. The maximum Gasteiger partial charge on any atom is 0.308 e. The lowest BCUT2D eigenvalue weighted by molar-refractivity contribution is -0.283. The number of ether oxygens (including phenoxy) is 9. The zero-order valence-electron chi connectivity index (χ0n) is 32.7. The van der Waals surface area contributed by atoms with Gasteiger partial charge in [-0.2, -0.15) is 0 Å². The third kappa shape index (κ3) is 11.8. The van der Waals surface area contributed by atoms with Crippen LogP contribution in [0.25, 0.3) is 6.08 Å². The van der Waals surface area contributed by atoms with Crippen molar-refractivity contribution in [1.82, 2.24) is 0 Å². The van der Waals surface area contributed by atoms with Crippen LogP contribution in [0.1, 0.15) is 82.0 Å². The van der Waals surface area contributed by atoms with Gasteiger partial charge < -0.3 is 42.6 Å². The quantitative estimate of drug-likeness (QED) is 0.0984. The second-order valence-corrected chi connectivity index (χ2v) is 13.3. The fourth-order valence-corrected chi connectivity index (χ4v) is 6.32. The molecule has 5 rings (SSSR count). The highest BCUT2D eigenvalue weighted by Crippen LogP contribution is 2.44. The summed E-state index contributed by atoms with van der Waals surface area (Å²) in [6.07, 6.45) is -6.48. The van der Waals surface area contributed by atoms with Crippen LogP contribution in [0.4, 0.5) is 0 Å². The summed E-state index contributed by atoms with van der Waals surface area (Å²) in [5.74, 6) is -5.20. The second kappa shape index (κ2) is 19.0. The number of allylic oxidation sites excluding steroid dienone is 1. The summed E-state index contributed by atoms with van der Waals surface area (Å²) in [6.45, 7) is 6.86. The summed E-state index contributed by atoms with van der Waals surface area (Å²) in [4.78, 5) is 99.1. The first kappa shape index (κ1) is 43.2. The molecule has 0 amide bonds.